The van der Waals surface area contributed by atoms with Gasteiger partial charge >= 0.3 is 0 Å². The number of fused-ring (bicyclic) bond motifs is 2. The second kappa shape index (κ2) is 4.14. The van der Waals surface area contributed by atoms with Gasteiger partial charge in [0.05, 0.1) is 16.1 Å². The van der Waals surface area contributed by atoms with Crippen LogP contribution in [-0.4, -0.2) is 26.7 Å². The minimum atomic E-state index is -0.861. The Bertz CT molecular complexity index is 840. The fraction of sp³-hybridized carbons (Fsp3) is 0. The second-order valence-electron chi connectivity index (χ2n) is 4.47. The van der Waals surface area contributed by atoms with Crippen LogP contribution in [0.3, 0.4) is 0 Å². The molecule has 0 aliphatic heterocycles. The Kier molecular flexibility index (Phi) is 2.52. The van der Waals surface area contributed by atoms with E-state index < -0.39 is 44.8 Å². The van der Waals surface area contributed by atoms with E-state index in [-0.39, 0.29) is 11.1 Å². The van der Waals surface area contributed by atoms with Gasteiger partial charge in [-0.1, -0.05) is 12.1 Å². The molecule has 2 N–H and O–H groups in total. The summed E-state index contributed by atoms with van der Waals surface area (Å²) in [6, 6.07) is 5.85. The van der Waals surface area contributed by atoms with Crippen LogP contribution >= 0.6 is 0 Å². The lowest BCUT2D eigenvalue weighted by atomic mass is 9.82. The van der Waals surface area contributed by atoms with E-state index in [9.17, 15) is 29.9 Å². The Labute approximate surface area is 117 Å². The first-order valence-electron chi connectivity index (χ1n) is 5.85. The van der Waals surface area contributed by atoms with Crippen LogP contribution in [0.2, 0.25) is 0 Å². The number of nitro benzene ring substituents is 1. The molecular weight excluding hydrogens is 278 g/mol. The number of phenols is 2. The molecule has 1 aliphatic carbocycles. The zero-order valence-corrected chi connectivity index (χ0v) is 10.4. The Balaban J connectivity index is 2.44. The van der Waals surface area contributed by atoms with E-state index in [1.54, 1.807) is 0 Å². The predicted octanol–water partition coefficient (Wildman–Crippen LogP) is 1.78. The van der Waals surface area contributed by atoms with Gasteiger partial charge in [-0.15, -0.1) is 0 Å². The number of nitro groups is 1. The molecule has 104 valence electrons. The van der Waals surface area contributed by atoms with Gasteiger partial charge in [-0.3, -0.25) is 19.7 Å². The van der Waals surface area contributed by atoms with E-state index in [4.69, 9.17) is 0 Å². The first-order valence-corrected chi connectivity index (χ1v) is 5.85. The van der Waals surface area contributed by atoms with Gasteiger partial charge < -0.3 is 10.2 Å². The molecular formula is C14H7NO6. The van der Waals surface area contributed by atoms with E-state index >= 15 is 0 Å². The van der Waals surface area contributed by atoms with Gasteiger partial charge in [0.15, 0.2) is 5.78 Å². The molecule has 0 radical (unpaired) electrons. The molecule has 21 heavy (non-hydrogen) atoms. The normalized spacial score (nSPS) is 12.8. The van der Waals surface area contributed by atoms with Crippen molar-refractivity contribution in [3.05, 3.63) is 62.7 Å². The van der Waals surface area contributed by atoms with Crippen molar-refractivity contribution in [2.45, 2.75) is 0 Å². The lowest BCUT2D eigenvalue weighted by Crippen LogP contribution is -2.22. The average Bonchev–Trinajstić information content (AvgIpc) is 2.44. The van der Waals surface area contributed by atoms with Crippen molar-refractivity contribution in [2.24, 2.45) is 0 Å². The molecule has 0 saturated heterocycles. The molecule has 1 aliphatic rings. The minimum absolute atomic E-state index is 0.0942. The SMILES string of the molecule is O=C1c2cccc(O)c2C(=O)c2c([N+](=O)[O-])ccc(O)c21. The van der Waals surface area contributed by atoms with Gasteiger partial charge in [-0.25, -0.2) is 0 Å². The van der Waals surface area contributed by atoms with E-state index in [0.29, 0.717) is 0 Å². The third kappa shape index (κ3) is 1.61. The molecule has 3 rings (SSSR count). The fourth-order valence-corrected chi connectivity index (χ4v) is 2.42. The lowest BCUT2D eigenvalue weighted by molar-refractivity contribution is -0.385. The Hall–Kier alpha value is -3.22. The molecule has 0 bridgehead atoms. The summed E-state index contributed by atoms with van der Waals surface area (Å²) in [5.74, 6) is -2.55. The molecule has 0 atom stereocenters. The Morgan fingerprint density at radius 3 is 2.19 bits per heavy atom. The molecule has 0 heterocycles. The topological polar surface area (TPSA) is 118 Å². The third-order valence-corrected chi connectivity index (χ3v) is 3.33. The molecule has 0 spiro atoms. The highest BCUT2D eigenvalue weighted by Crippen LogP contribution is 2.40. The lowest BCUT2D eigenvalue weighted by Gasteiger charge is -2.18. The van der Waals surface area contributed by atoms with Crippen LogP contribution in [0, 0.1) is 10.1 Å². The maximum absolute atomic E-state index is 12.4. The predicted molar refractivity (Wildman–Crippen MR) is 69.7 cm³/mol. The molecule has 0 fully saturated rings. The first-order chi connectivity index (χ1) is 9.93. The summed E-state index contributed by atoms with van der Waals surface area (Å²) >= 11 is 0. The number of aromatic hydroxyl groups is 2. The van der Waals surface area contributed by atoms with Gasteiger partial charge in [-0.05, 0) is 12.1 Å². The number of hydrogen-bond donors (Lipinski definition) is 2. The molecule has 0 saturated carbocycles. The van der Waals surface area contributed by atoms with E-state index in [1.165, 1.54) is 18.2 Å². The van der Waals surface area contributed by atoms with Crippen LogP contribution < -0.4 is 0 Å². The highest BCUT2D eigenvalue weighted by atomic mass is 16.6. The van der Waals surface area contributed by atoms with E-state index in [1.807, 2.05) is 0 Å². The number of carbonyl (C=O) groups is 2. The van der Waals surface area contributed by atoms with Crippen molar-refractivity contribution < 1.29 is 24.7 Å². The molecule has 0 unspecified atom stereocenters. The number of nitrogens with zero attached hydrogens (tertiary/aromatic N) is 1. The zero-order chi connectivity index (χ0) is 15.3. The van der Waals surface area contributed by atoms with Crippen LogP contribution in [0.15, 0.2) is 30.3 Å². The quantitative estimate of drug-likeness (QED) is 0.519. The fourth-order valence-electron chi connectivity index (χ4n) is 2.42. The zero-order valence-electron chi connectivity index (χ0n) is 10.4. The number of carbonyl (C=O) groups excluding carboxylic acids is 2. The summed E-state index contributed by atoms with van der Waals surface area (Å²) < 4.78 is 0. The van der Waals surface area contributed by atoms with Crippen molar-refractivity contribution in [3.8, 4) is 11.5 Å². The van der Waals surface area contributed by atoms with Crippen LogP contribution in [0.1, 0.15) is 31.8 Å². The van der Waals surface area contributed by atoms with Crippen molar-refractivity contribution in [3.63, 3.8) is 0 Å². The number of rotatable bonds is 1. The van der Waals surface area contributed by atoms with E-state index in [0.717, 1.165) is 12.1 Å². The van der Waals surface area contributed by atoms with Crippen molar-refractivity contribution in [1.82, 2.24) is 0 Å². The third-order valence-electron chi connectivity index (χ3n) is 3.33. The number of phenolic OH excluding ortho intramolecular Hbond substituents is 2. The number of ketones is 2. The number of benzene rings is 2. The maximum Gasteiger partial charge on any atom is 0.281 e. The smallest absolute Gasteiger partial charge is 0.281 e. The summed E-state index contributed by atoms with van der Waals surface area (Å²) in [5, 5.41) is 30.6. The molecule has 0 aromatic heterocycles. The monoisotopic (exact) mass is 285 g/mol. The van der Waals surface area contributed by atoms with Gasteiger partial charge in [0.1, 0.15) is 17.1 Å². The highest BCUT2D eigenvalue weighted by Gasteiger charge is 2.39. The van der Waals surface area contributed by atoms with Crippen molar-refractivity contribution >= 4 is 17.3 Å². The van der Waals surface area contributed by atoms with Crippen molar-refractivity contribution in [2.75, 3.05) is 0 Å². The molecule has 0 amide bonds. The minimum Gasteiger partial charge on any atom is -0.507 e. The van der Waals surface area contributed by atoms with Crippen LogP contribution in [-0.2, 0) is 0 Å². The summed E-state index contributed by atoms with van der Waals surface area (Å²) in [4.78, 5) is 35.0. The summed E-state index contributed by atoms with van der Waals surface area (Å²) in [5.41, 5.74) is -1.88. The summed E-state index contributed by atoms with van der Waals surface area (Å²) in [6.45, 7) is 0. The van der Waals surface area contributed by atoms with Gasteiger partial charge in [0, 0.05) is 11.6 Å². The van der Waals surface area contributed by atoms with Crippen LogP contribution in [0.5, 0.6) is 11.5 Å². The van der Waals surface area contributed by atoms with Crippen LogP contribution in [0.4, 0.5) is 5.69 Å². The van der Waals surface area contributed by atoms with Crippen molar-refractivity contribution in [1.29, 1.82) is 0 Å². The van der Waals surface area contributed by atoms with Crippen LogP contribution in [0.25, 0.3) is 0 Å². The largest absolute Gasteiger partial charge is 0.507 e. The molecule has 2 aromatic carbocycles. The molecule has 7 heteroatoms. The summed E-state index contributed by atoms with van der Waals surface area (Å²) in [7, 11) is 0. The Morgan fingerprint density at radius 2 is 1.52 bits per heavy atom. The molecule has 7 nitrogen and oxygen atoms in total. The first kappa shape index (κ1) is 12.8. The summed E-state index contributed by atoms with van der Waals surface area (Å²) in [6.07, 6.45) is 0. The van der Waals surface area contributed by atoms with Gasteiger partial charge in [-0.2, -0.15) is 0 Å². The second-order valence-corrected chi connectivity index (χ2v) is 4.47. The number of hydrogen-bond acceptors (Lipinski definition) is 6. The highest BCUT2D eigenvalue weighted by molar-refractivity contribution is 6.31. The Morgan fingerprint density at radius 1 is 0.857 bits per heavy atom. The van der Waals surface area contributed by atoms with Gasteiger partial charge in [0.2, 0.25) is 5.78 Å². The standard InChI is InChI=1S/C14H7NO6/c16-8-3-1-2-6-10(8)14(19)11-7(15(20)21)4-5-9(17)12(11)13(6)18/h1-5,16-17H. The molecule has 2 aromatic rings. The van der Waals surface area contributed by atoms with E-state index in [2.05, 4.69) is 0 Å². The maximum atomic E-state index is 12.4. The van der Waals surface area contributed by atoms with Gasteiger partial charge in [0.25, 0.3) is 5.69 Å². The average molecular weight is 285 g/mol.